The normalized spacial score (nSPS) is 11.1. The second kappa shape index (κ2) is 3.46. The standard InChI is InChI=1S/C7H5BF3N3O2/c1-14-4-2(5(9)13-14)3(8(15)16)6(10)12-7(4)11/h15-16H,1H3. The molecule has 0 fully saturated rings. The number of pyridine rings is 1. The molecule has 0 unspecified atom stereocenters. The average molecular weight is 231 g/mol. The zero-order valence-corrected chi connectivity index (χ0v) is 7.95. The number of hydrogen-bond donors (Lipinski definition) is 2. The first-order valence-corrected chi connectivity index (χ1v) is 4.16. The highest BCUT2D eigenvalue weighted by Gasteiger charge is 2.28. The predicted octanol–water partition coefficient (Wildman–Crippen LogP) is -0.935. The molecule has 0 radical (unpaired) electrons. The third-order valence-electron chi connectivity index (χ3n) is 2.15. The van der Waals surface area contributed by atoms with Crippen molar-refractivity contribution in [2.75, 3.05) is 0 Å². The second-order valence-corrected chi connectivity index (χ2v) is 3.12. The Balaban J connectivity index is 2.99. The molecule has 9 heteroatoms. The minimum absolute atomic E-state index is 0.429. The number of aromatic nitrogens is 3. The monoisotopic (exact) mass is 231 g/mol. The van der Waals surface area contributed by atoms with Crippen molar-refractivity contribution in [1.29, 1.82) is 0 Å². The van der Waals surface area contributed by atoms with Gasteiger partial charge in [-0.2, -0.15) is 18.2 Å². The van der Waals surface area contributed by atoms with E-state index in [2.05, 4.69) is 10.1 Å². The molecule has 16 heavy (non-hydrogen) atoms. The van der Waals surface area contributed by atoms with Gasteiger partial charge in [-0.1, -0.05) is 0 Å². The molecule has 0 aliphatic heterocycles. The van der Waals surface area contributed by atoms with Gasteiger partial charge in [-0.05, 0) is 0 Å². The Hall–Kier alpha value is -1.61. The third-order valence-corrected chi connectivity index (χ3v) is 2.15. The Labute approximate surface area is 87.3 Å². The van der Waals surface area contributed by atoms with Crippen molar-refractivity contribution in [3.63, 3.8) is 0 Å². The summed E-state index contributed by atoms with van der Waals surface area (Å²) in [6.45, 7) is 0. The molecule has 2 N–H and O–H groups in total. The van der Waals surface area contributed by atoms with Gasteiger partial charge in [0.05, 0.1) is 10.8 Å². The van der Waals surface area contributed by atoms with Crippen LogP contribution in [0.25, 0.3) is 10.9 Å². The minimum Gasteiger partial charge on any atom is -0.423 e. The maximum Gasteiger partial charge on any atom is 0.494 e. The van der Waals surface area contributed by atoms with Crippen LogP contribution in [0.5, 0.6) is 0 Å². The minimum atomic E-state index is -2.30. The fourth-order valence-corrected chi connectivity index (χ4v) is 1.50. The zero-order chi connectivity index (χ0) is 12.0. The largest absolute Gasteiger partial charge is 0.494 e. The average Bonchev–Trinajstić information content (AvgIpc) is 2.41. The summed E-state index contributed by atoms with van der Waals surface area (Å²) in [5.74, 6) is -3.94. The summed E-state index contributed by atoms with van der Waals surface area (Å²) >= 11 is 0. The Bertz CT molecular complexity index is 572. The summed E-state index contributed by atoms with van der Waals surface area (Å²) in [7, 11) is -1.07. The van der Waals surface area contributed by atoms with E-state index >= 15 is 0 Å². The number of aryl methyl sites for hydroxylation is 1. The van der Waals surface area contributed by atoms with Crippen LogP contribution in [0, 0.1) is 17.8 Å². The molecular formula is C7H5BF3N3O2. The first-order valence-electron chi connectivity index (χ1n) is 4.16. The van der Waals surface area contributed by atoms with Crippen molar-refractivity contribution in [2.24, 2.45) is 7.05 Å². The van der Waals surface area contributed by atoms with E-state index in [4.69, 9.17) is 10.0 Å². The molecule has 0 aliphatic rings. The van der Waals surface area contributed by atoms with Crippen LogP contribution in [0.1, 0.15) is 0 Å². The molecular weight excluding hydrogens is 226 g/mol. The van der Waals surface area contributed by atoms with Crippen LogP contribution in [0.4, 0.5) is 13.2 Å². The van der Waals surface area contributed by atoms with E-state index in [-0.39, 0.29) is 0 Å². The van der Waals surface area contributed by atoms with Crippen LogP contribution in [0.2, 0.25) is 0 Å². The van der Waals surface area contributed by atoms with Crippen LogP contribution in [0.15, 0.2) is 0 Å². The Morgan fingerprint density at radius 1 is 1.12 bits per heavy atom. The first kappa shape index (κ1) is 10.9. The van der Waals surface area contributed by atoms with Crippen molar-refractivity contribution in [2.45, 2.75) is 0 Å². The van der Waals surface area contributed by atoms with Crippen molar-refractivity contribution in [1.82, 2.24) is 14.8 Å². The van der Waals surface area contributed by atoms with E-state index in [1.165, 1.54) is 7.05 Å². The molecule has 0 aliphatic carbocycles. The highest BCUT2D eigenvalue weighted by atomic mass is 19.1. The van der Waals surface area contributed by atoms with Crippen LogP contribution >= 0.6 is 0 Å². The molecule has 0 bridgehead atoms. The lowest BCUT2D eigenvalue weighted by Gasteiger charge is -2.03. The van der Waals surface area contributed by atoms with E-state index in [9.17, 15) is 13.2 Å². The SMILES string of the molecule is Cn1nc(F)c2c(B(O)O)c(F)nc(F)c21. The van der Waals surface area contributed by atoms with Gasteiger partial charge in [0, 0.05) is 7.05 Å². The lowest BCUT2D eigenvalue weighted by atomic mass is 9.79. The second-order valence-electron chi connectivity index (χ2n) is 3.12. The molecule has 2 aromatic rings. The van der Waals surface area contributed by atoms with Crippen molar-refractivity contribution < 1.29 is 23.2 Å². The fourth-order valence-electron chi connectivity index (χ4n) is 1.50. The van der Waals surface area contributed by atoms with Gasteiger partial charge in [0.1, 0.15) is 5.52 Å². The Morgan fingerprint density at radius 2 is 1.75 bits per heavy atom. The quantitative estimate of drug-likeness (QED) is 0.491. The lowest BCUT2D eigenvalue weighted by Crippen LogP contribution is -2.35. The summed E-state index contributed by atoms with van der Waals surface area (Å²) in [5.41, 5.74) is -1.26. The number of hydrogen-bond acceptors (Lipinski definition) is 4. The van der Waals surface area contributed by atoms with Gasteiger partial charge in [-0.15, -0.1) is 5.10 Å². The third kappa shape index (κ3) is 1.36. The van der Waals surface area contributed by atoms with Crippen LogP contribution in [-0.4, -0.2) is 31.9 Å². The smallest absolute Gasteiger partial charge is 0.423 e. The van der Waals surface area contributed by atoms with Crippen molar-refractivity contribution in [3.8, 4) is 0 Å². The molecule has 2 rings (SSSR count). The van der Waals surface area contributed by atoms with Gasteiger partial charge in [0.25, 0.3) is 0 Å². The summed E-state index contributed by atoms with van der Waals surface area (Å²) in [5, 5.41) is 20.3. The topological polar surface area (TPSA) is 71.2 Å². The molecule has 0 aromatic carbocycles. The van der Waals surface area contributed by atoms with Gasteiger partial charge in [0.2, 0.25) is 17.8 Å². The molecule has 2 aromatic heterocycles. The molecule has 0 amide bonds. The molecule has 84 valence electrons. The number of fused-ring (bicyclic) bond motifs is 1. The highest BCUT2D eigenvalue weighted by molar-refractivity contribution is 6.61. The van der Waals surface area contributed by atoms with Gasteiger partial charge in [-0.3, -0.25) is 4.68 Å². The summed E-state index contributed by atoms with van der Waals surface area (Å²) in [6, 6.07) is 0. The summed E-state index contributed by atoms with van der Waals surface area (Å²) in [6.07, 6.45) is 0. The lowest BCUT2D eigenvalue weighted by molar-refractivity contribution is 0.421. The van der Waals surface area contributed by atoms with Gasteiger partial charge < -0.3 is 10.0 Å². The molecule has 0 saturated heterocycles. The first-order chi connectivity index (χ1) is 7.43. The van der Waals surface area contributed by atoms with E-state index < -0.39 is 41.3 Å². The molecule has 0 saturated carbocycles. The summed E-state index contributed by atoms with van der Waals surface area (Å²) in [4.78, 5) is 2.82. The van der Waals surface area contributed by atoms with Gasteiger partial charge >= 0.3 is 7.12 Å². The number of nitrogens with zero attached hydrogens (tertiary/aromatic N) is 3. The maximum absolute atomic E-state index is 13.3. The highest BCUT2D eigenvalue weighted by Crippen LogP contribution is 2.18. The molecule has 0 atom stereocenters. The number of rotatable bonds is 1. The van der Waals surface area contributed by atoms with E-state index in [0.29, 0.717) is 0 Å². The number of halogens is 3. The Morgan fingerprint density at radius 3 is 2.31 bits per heavy atom. The van der Waals surface area contributed by atoms with E-state index in [0.717, 1.165) is 4.68 Å². The van der Waals surface area contributed by atoms with E-state index in [1.807, 2.05) is 0 Å². The van der Waals surface area contributed by atoms with Crippen LogP contribution in [-0.2, 0) is 7.05 Å². The summed E-state index contributed by atoms with van der Waals surface area (Å²) < 4.78 is 40.4. The van der Waals surface area contributed by atoms with Crippen LogP contribution in [0.3, 0.4) is 0 Å². The van der Waals surface area contributed by atoms with E-state index in [1.54, 1.807) is 0 Å². The van der Waals surface area contributed by atoms with Gasteiger partial charge in [-0.25, -0.2) is 0 Å². The zero-order valence-electron chi connectivity index (χ0n) is 7.95. The fraction of sp³-hybridized carbons (Fsp3) is 0.143. The Kier molecular flexibility index (Phi) is 2.36. The predicted molar refractivity (Wildman–Crippen MR) is 48.2 cm³/mol. The molecule has 0 spiro atoms. The van der Waals surface area contributed by atoms with Gasteiger partial charge in [0.15, 0.2) is 0 Å². The molecule has 2 heterocycles. The van der Waals surface area contributed by atoms with Crippen molar-refractivity contribution in [3.05, 3.63) is 17.8 Å². The van der Waals surface area contributed by atoms with Crippen LogP contribution < -0.4 is 5.46 Å². The van der Waals surface area contributed by atoms with Crippen molar-refractivity contribution >= 4 is 23.5 Å². The maximum atomic E-state index is 13.3. The molecule has 5 nitrogen and oxygen atoms in total.